The largest absolute Gasteiger partial charge is 0.393 e. The number of carbonyl (C=O) groups excluding carboxylic acids is 1. The predicted molar refractivity (Wildman–Crippen MR) is 81.3 cm³/mol. The smallest absolute Gasteiger partial charge is 0.223 e. The molecular weight excluding hydrogens is 326 g/mol. The fourth-order valence-corrected chi connectivity index (χ4v) is 3.17. The average Bonchev–Trinajstić information content (AvgIpc) is 2.41. The van der Waals surface area contributed by atoms with Crippen LogP contribution in [0.25, 0.3) is 0 Å². The molecule has 0 unspecified atom stereocenters. The minimum Gasteiger partial charge on any atom is -0.393 e. The van der Waals surface area contributed by atoms with Gasteiger partial charge in [-0.3, -0.25) is 4.79 Å². The molecule has 19 heavy (non-hydrogen) atoms. The zero-order valence-electron chi connectivity index (χ0n) is 10.7. The number of nitrogens with zero attached hydrogens (tertiary/aromatic N) is 1. The Hall–Kier alpha value is -0.520. The van der Waals surface area contributed by atoms with E-state index in [1.807, 2.05) is 17.0 Å². The minimum atomic E-state index is -0.221. The van der Waals surface area contributed by atoms with Crippen molar-refractivity contribution in [3.63, 3.8) is 0 Å². The van der Waals surface area contributed by atoms with Gasteiger partial charge in [0.25, 0.3) is 0 Å². The third-order valence-electron chi connectivity index (χ3n) is 3.22. The number of aliphatic hydroxyl groups is 1. The zero-order valence-corrected chi connectivity index (χ0v) is 13.1. The molecule has 0 radical (unpaired) electrons. The van der Waals surface area contributed by atoms with E-state index in [4.69, 9.17) is 0 Å². The van der Waals surface area contributed by atoms with Crippen molar-refractivity contribution in [1.29, 1.82) is 0 Å². The van der Waals surface area contributed by atoms with Crippen LogP contribution in [-0.4, -0.2) is 40.9 Å². The van der Waals surface area contributed by atoms with E-state index in [9.17, 15) is 9.90 Å². The monoisotopic (exact) mass is 343 g/mol. The maximum Gasteiger partial charge on any atom is 0.223 e. The molecule has 1 fully saturated rings. The lowest BCUT2D eigenvalue weighted by molar-refractivity contribution is -0.132. The standard InChI is InChI=1S/C14H18BrNO2S/c15-11-1-3-13(4-2-11)19-10-7-14(18)16-8-5-12(17)6-9-16/h1-4,12,17H,5-10H2. The van der Waals surface area contributed by atoms with Gasteiger partial charge in [-0.05, 0) is 37.1 Å². The summed E-state index contributed by atoms with van der Waals surface area (Å²) in [5, 5.41) is 9.41. The number of amides is 1. The van der Waals surface area contributed by atoms with Gasteiger partial charge in [0.2, 0.25) is 5.91 Å². The lowest BCUT2D eigenvalue weighted by Crippen LogP contribution is -2.40. The molecule has 1 aliphatic rings. The molecule has 1 saturated heterocycles. The van der Waals surface area contributed by atoms with Crippen molar-refractivity contribution >= 4 is 33.6 Å². The maximum atomic E-state index is 12.0. The van der Waals surface area contributed by atoms with Crippen LogP contribution in [0.2, 0.25) is 0 Å². The molecule has 0 spiro atoms. The van der Waals surface area contributed by atoms with E-state index in [0.717, 1.165) is 10.2 Å². The molecule has 5 heteroatoms. The lowest BCUT2D eigenvalue weighted by Gasteiger charge is -2.29. The number of thioether (sulfide) groups is 1. The average molecular weight is 344 g/mol. The van der Waals surface area contributed by atoms with E-state index in [2.05, 4.69) is 28.1 Å². The normalized spacial score (nSPS) is 16.6. The van der Waals surface area contributed by atoms with Gasteiger partial charge in [-0.15, -0.1) is 11.8 Å². The Morgan fingerprint density at radius 1 is 1.32 bits per heavy atom. The Kier molecular flexibility index (Phi) is 5.73. The molecule has 1 heterocycles. The number of benzene rings is 1. The van der Waals surface area contributed by atoms with E-state index in [-0.39, 0.29) is 12.0 Å². The topological polar surface area (TPSA) is 40.5 Å². The molecule has 0 bridgehead atoms. The molecule has 0 saturated carbocycles. The first kappa shape index (κ1) is 14.9. The number of rotatable bonds is 4. The van der Waals surface area contributed by atoms with Crippen molar-refractivity contribution in [2.75, 3.05) is 18.8 Å². The van der Waals surface area contributed by atoms with Gasteiger partial charge in [0.15, 0.2) is 0 Å². The highest BCUT2D eigenvalue weighted by molar-refractivity contribution is 9.10. The van der Waals surface area contributed by atoms with E-state index >= 15 is 0 Å². The van der Waals surface area contributed by atoms with Crippen LogP contribution < -0.4 is 0 Å². The highest BCUT2D eigenvalue weighted by Gasteiger charge is 2.20. The number of piperidine rings is 1. The van der Waals surface area contributed by atoms with Crippen molar-refractivity contribution in [3.8, 4) is 0 Å². The summed E-state index contributed by atoms with van der Waals surface area (Å²) in [6.45, 7) is 1.39. The van der Waals surface area contributed by atoms with Gasteiger partial charge in [-0.2, -0.15) is 0 Å². The summed E-state index contributed by atoms with van der Waals surface area (Å²) in [4.78, 5) is 15.0. The van der Waals surface area contributed by atoms with Crippen molar-refractivity contribution in [2.24, 2.45) is 0 Å². The van der Waals surface area contributed by atoms with Gasteiger partial charge in [0.05, 0.1) is 6.10 Å². The summed E-state index contributed by atoms with van der Waals surface area (Å²) in [6.07, 6.45) is 1.77. The molecule has 1 aromatic carbocycles. The molecule has 0 aromatic heterocycles. The lowest BCUT2D eigenvalue weighted by atomic mass is 10.1. The van der Waals surface area contributed by atoms with Crippen LogP contribution in [0.4, 0.5) is 0 Å². The van der Waals surface area contributed by atoms with Crippen LogP contribution >= 0.6 is 27.7 Å². The molecule has 104 valence electrons. The summed E-state index contributed by atoms with van der Waals surface area (Å²) in [5.41, 5.74) is 0. The Morgan fingerprint density at radius 2 is 1.95 bits per heavy atom. The third-order valence-corrected chi connectivity index (χ3v) is 4.76. The van der Waals surface area contributed by atoms with E-state index in [1.165, 1.54) is 4.90 Å². The highest BCUT2D eigenvalue weighted by Crippen LogP contribution is 2.21. The summed E-state index contributed by atoms with van der Waals surface area (Å²) >= 11 is 5.11. The van der Waals surface area contributed by atoms with Gasteiger partial charge >= 0.3 is 0 Å². The molecule has 1 aromatic rings. The first-order valence-corrected chi connectivity index (χ1v) is 8.27. The third kappa shape index (κ3) is 4.82. The Balaban J connectivity index is 1.70. The van der Waals surface area contributed by atoms with Crippen LogP contribution in [0.3, 0.4) is 0 Å². The van der Waals surface area contributed by atoms with Crippen molar-refractivity contribution in [3.05, 3.63) is 28.7 Å². The summed E-state index contributed by atoms with van der Waals surface area (Å²) in [6, 6.07) is 8.12. The number of aliphatic hydroxyl groups excluding tert-OH is 1. The number of hydrogen-bond acceptors (Lipinski definition) is 3. The number of carbonyl (C=O) groups is 1. The van der Waals surface area contributed by atoms with Crippen LogP contribution in [0, 0.1) is 0 Å². The quantitative estimate of drug-likeness (QED) is 0.854. The fourth-order valence-electron chi connectivity index (χ4n) is 2.06. The number of hydrogen-bond donors (Lipinski definition) is 1. The zero-order chi connectivity index (χ0) is 13.7. The second kappa shape index (κ2) is 7.31. The van der Waals surface area contributed by atoms with Gasteiger partial charge in [-0.25, -0.2) is 0 Å². The second-order valence-corrected chi connectivity index (χ2v) is 6.75. The summed E-state index contributed by atoms with van der Waals surface area (Å²) in [5.74, 6) is 1.01. The molecule has 1 aliphatic heterocycles. The van der Waals surface area contributed by atoms with Gasteiger partial charge in [0.1, 0.15) is 0 Å². The van der Waals surface area contributed by atoms with Crippen LogP contribution in [0.1, 0.15) is 19.3 Å². The summed E-state index contributed by atoms with van der Waals surface area (Å²) < 4.78 is 1.07. The maximum absolute atomic E-state index is 12.0. The highest BCUT2D eigenvalue weighted by atomic mass is 79.9. The van der Waals surface area contributed by atoms with E-state index in [1.54, 1.807) is 11.8 Å². The van der Waals surface area contributed by atoms with Crippen molar-refractivity contribution < 1.29 is 9.90 Å². The molecule has 2 rings (SSSR count). The Bertz CT molecular complexity index is 416. The van der Waals surface area contributed by atoms with Crippen LogP contribution in [-0.2, 0) is 4.79 Å². The fraction of sp³-hybridized carbons (Fsp3) is 0.500. The molecule has 3 nitrogen and oxygen atoms in total. The van der Waals surface area contributed by atoms with Gasteiger partial charge in [-0.1, -0.05) is 15.9 Å². The molecule has 0 aliphatic carbocycles. The second-order valence-electron chi connectivity index (χ2n) is 4.66. The molecule has 1 amide bonds. The van der Waals surface area contributed by atoms with Crippen LogP contribution in [0.5, 0.6) is 0 Å². The van der Waals surface area contributed by atoms with E-state index < -0.39 is 0 Å². The first-order chi connectivity index (χ1) is 9.15. The SMILES string of the molecule is O=C(CCSc1ccc(Br)cc1)N1CCC(O)CC1. The van der Waals surface area contributed by atoms with Crippen molar-refractivity contribution in [2.45, 2.75) is 30.3 Å². The summed E-state index contributed by atoms with van der Waals surface area (Å²) in [7, 11) is 0. The minimum absolute atomic E-state index is 0.205. The molecule has 0 atom stereocenters. The van der Waals surface area contributed by atoms with Crippen molar-refractivity contribution in [1.82, 2.24) is 4.90 Å². The molecule has 1 N–H and O–H groups in total. The van der Waals surface area contributed by atoms with E-state index in [0.29, 0.717) is 32.4 Å². The van der Waals surface area contributed by atoms with Gasteiger partial charge < -0.3 is 10.0 Å². The Labute approximate surface area is 126 Å². The number of likely N-dealkylation sites (tertiary alicyclic amines) is 1. The van der Waals surface area contributed by atoms with Crippen LogP contribution in [0.15, 0.2) is 33.6 Å². The number of halogens is 1. The first-order valence-electron chi connectivity index (χ1n) is 6.49. The predicted octanol–water partition coefficient (Wildman–Crippen LogP) is 2.91. The Morgan fingerprint density at radius 3 is 2.58 bits per heavy atom. The molecular formula is C14H18BrNO2S. The van der Waals surface area contributed by atoms with Gasteiger partial charge in [0, 0.05) is 34.6 Å².